The minimum Gasteiger partial charge on any atom is -0.324 e. The van der Waals surface area contributed by atoms with E-state index in [9.17, 15) is 14.4 Å². The Morgan fingerprint density at radius 1 is 1.26 bits per heavy atom. The van der Waals surface area contributed by atoms with E-state index in [0.29, 0.717) is 0 Å². The Kier molecular flexibility index (Phi) is 3.39. The van der Waals surface area contributed by atoms with Gasteiger partial charge in [-0.05, 0) is 45.7 Å². The molecule has 1 aromatic rings. The van der Waals surface area contributed by atoms with Crippen LogP contribution in [0.2, 0.25) is 0 Å². The number of hydrogen-bond acceptors (Lipinski definition) is 4. The zero-order chi connectivity index (χ0) is 19.1. The van der Waals surface area contributed by atoms with Gasteiger partial charge in [0.15, 0.2) is 0 Å². The fourth-order valence-electron chi connectivity index (χ4n) is 5.96. The topological polar surface area (TPSA) is 69.7 Å². The van der Waals surface area contributed by atoms with Gasteiger partial charge in [-0.2, -0.15) is 0 Å². The lowest BCUT2D eigenvalue weighted by Crippen LogP contribution is -2.54. The molecule has 0 radical (unpaired) electrons. The van der Waals surface area contributed by atoms with Crippen molar-refractivity contribution in [2.45, 2.75) is 57.7 Å². The molecule has 1 spiro atoms. The second-order valence-electron chi connectivity index (χ2n) is 8.48. The Balaban J connectivity index is 1.74. The zero-order valence-electron chi connectivity index (χ0n) is 16.0. The van der Waals surface area contributed by atoms with Crippen molar-refractivity contribution in [3.8, 4) is 0 Å². The highest BCUT2D eigenvalue weighted by Gasteiger charge is 2.74. The Morgan fingerprint density at radius 3 is 2.78 bits per heavy atom. The van der Waals surface area contributed by atoms with Crippen molar-refractivity contribution in [2.75, 3.05) is 11.9 Å². The van der Waals surface area contributed by atoms with Crippen molar-refractivity contribution in [3.05, 3.63) is 29.3 Å². The Bertz CT molecular complexity index is 881. The highest BCUT2D eigenvalue weighted by atomic mass is 16.2. The molecular weight excluding hydrogens is 342 g/mol. The summed E-state index contributed by atoms with van der Waals surface area (Å²) in [5.41, 5.74) is 1.67. The molecule has 6 heteroatoms. The van der Waals surface area contributed by atoms with Gasteiger partial charge >= 0.3 is 0 Å². The number of rotatable bonds is 2. The average molecular weight is 367 g/mol. The maximum atomic E-state index is 13.5. The average Bonchev–Trinajstić information content (AvgIpc) is 3.33. The van der Waals surface area contributed by atoms with Gasteiger partial charge in [0.2, 0.25) is 17.7 Å². The zero-order valence-corrected chi connectivity index (χ0v) is 16.0. The minimum absolute atomic E-state index is 0.0299. The van der Waals surface area contributed by atoms with E-state index in [0.717, 1.165) is 42.6 Å². The van der Waals surface area contributed by atoms with E-state index < -0.39 is 17.4 Å². The van der Waals surface area contributed by atoms with Crippen LogP contribution in [0.4, 0.5) is 5.69 Å². The highest BCUT2D eigenvalue weighted by molar-refractivity contribution is 6.15. The standard InChI is InChI=1S/C21H25N3O3/c1-4-12(3)24-18(25)16-15-6-5-9-23(15)21(17(16)19(24)26)13-10-11(2)7-8-14(13)22-20(21)27/h7-8,10,12,15-17H,4-6,9H2,1-3H3,(H,22,27)/t12-,15-,16+,17-,21-/m0/s1. The third-order valence-corrected chi connectivity index (χ3v) is 7.21. The summed E-state index contributed by atoms with van der Waals surface area (Å²) in [6.07, 6.45) is 2.54. The van der Waals surface area contributed by atoms with Crippen molar-refractivity contribution in [1.82, 2.24) is 9.80 Å². The monoisotopic (exact) mass is 367 g/mol. The summed E-state index contributed by atoms with van der Waals surface area (Å²) in [6, 6.07) is 5.75. The molecule has 4 aliphatic heterocycles. The molecule has 0 bridgehead atoms. The van der Waals surface area contributed by atoms with E-state index >= 15 is 0 Å². The smallest absolute Gasteiger partial charge is 0.250 e. The number of anilines is 1. The highest BCUT2D eigenvalue weighted by Crippen LogP contribution is 2.60. The maximum Gasteiger partial charge on any atom is 0.250 e. The Labute approximate surface area is 158 Å². The summed E-state index contributed by atoms with van der Waals surface area (Å²) in [7, 11) is 0. The molecule has 3 amide bonds. The fraction of sp³-hybridized carbons (Fsp3) is 0.571. The van der Waals surface area contributed by atoms with Crippen molar-refractivity contribution < 1.29 is 14.4 Å². The van der Waals surface area contributed by atoms with E-state index in [4.69, 9.17) is 0 Å². The Hall–Kier alpha value is -2.21. The summed E-state index contributed by atoms with van der Waals surface area (Å²) in [4.78, 5) is 43.9. The van der Waals surface area contributed by atoms with Crippen LogP contribution in [-0.2, 0) is 19.9 Å². The molecule has 4 heterocycles. The van der Waals surface area contributed by atoms with Gasteiger partial charge in [-0.25, -0.2) is 0 Å². The molecule has 0 aromatic heterocycles. The van der Waals surface area contributed by atoms with Crippen molar-refractivity contribution in [3.63, 3.8) is 0 Å². The number of hydrogen-bond donors (Lipinski definition) is 1. The number of nitrogens with zero attached hydrogens (tertiary/aromatic N) is 2. The molecule has 5 atom stereocenters. The molecule has 142 valence electrons. The lowest BCUT2D eigenvalue weighted by molar-refractivity contribution is -0.147. The van der Waals surface area contributed by atoms with E-state index in [-0.39, 0.29) is 29.8 Å². The molecule has 5 rings (SSSR count). The number of aryl methyl sites for hydroxylation is 1. The first kappa shape index (κ1) is 16.9. The summed E-state index contributed by atoms with van der Waals surface area (Å²) in [6.45, 7) is 6.65. The fourth-order valence-corrected chi connectivity index (χ4v) is 5.96. The number of fused-ring (bicyclic) bond motifs is 7. The van der Waals surface area contributed by atoms with Gasteiger partial charge in [0.05, 0.1) is 11.8 Å². The lowest BCUT2D eigenvalue weighted by atomic mass is 9.75. The van der Waals surface area contributed by atoms with Crippen LogP contribution >= 0.6 is 0 Å². The normalized spacial score (nSPS) is 35.6. The number of benzene rings is 1. The number of imide groups is 1. The molecule has 6 nitrogen and oxygen atoms in total. The second kappa shape index (κ2) is 5.41. The molecule has 0 aliphatic carbocycles. The SMILES string of the molecule is CC[C@H](C)N1C(=O)[C@H]2[C@@H](C1=O)[C@@]1(C(=O)Nc3ccc(C)cc31)N1CCC[C@@H]21. The number of nitrogens with one attached hydrogen (secondary N) is 1. The van der Waals surface area contributed by atoms with Crippen LogP contribution in [0.25, 0.3) is 0 Å². The van der Waals surface area contributed by atoms with Crippen LogP contribution in [0.3, 0.4) is 0 Å². The molecule has 27 heavy (non-hydrogen) atoms. The van der Waals surface area contributed by atoms with Gasteiger partial charge in [0, 0.05) is 23.3 Å². The molecule has 3 saturated heterocycles. The third-order valence-electron chi connectivity index (χ3n) is 7.21. The minimum atomic E-state index is -1.04. The predicted octanol–water partition coefficient (Wildman–Crippen LogP) is 2.02. The number of carbonyl (C=O) groups excluding carboxylic acids is 3. The first-order valence-corrected chi connectivity index (χ1v) is 9.99. The second-order valence-corrected chi connectivity index (χ2v) is 8.48. The van der Waals surface area contributed by atoms with Gasteiger partial charge in [0.1, 0.15) is 5.54 Å². The summed E-state index contributed by atoms with van der Waals surface area (Å²) in [5, 5.41) is 3.01. The van der Waals surface area contributed by atoms with E-state index in [1.165, 1.54) is 4.90 Å². The lowest BCUT2D eigenvalue weighted by Gasteiger charge is -2.37. The molecular formula is C21H25N3O3. The summed E-state index contributed by atoms with van der Waals surface area (Å²) in [5.74, 6) is -1.42. The quantitative estimate of drug-likeness (QED) is 0.812. The molecule has 1 N–H and O–H groups in total. The van der Waals surface area contributed by atoms with Crippen LogP contribution in [-0.4, -0.2) is 46.1 Å². The van der Waals surface area contributed by atoms with Gasteiger partial charge < -0.3 is 5.32 Å². The van der Waals surface area contributed by atoms with Gasteiger partial charge in [-0.15, -0.1) is 0 Å². The van der Waals surface area contributed by atoms with Gasteiger partial charge in [-0.1, -0.05) is 24.6 Å². The Morgan fingerprint density at radius 2 is 2.04 bits per heavy atom. The van der Waals surface area contributed by atoms with Crippen molar-refractivity contribution >= 4 is 23.4 Å². The van der Waals surface area contributed by atoms with Crippen LogP contribution in [0.15, 0.2) is 18.2 Å². The molecule has 0 saturated carbocycles. The van der Waals surface area contributed by atoms with E-state index in [1.54, 1.807) is 0 Å². The number of amides is 3. The van der Waals surface area contributed by atoms with E-state index in [1.807, 2.05) is 39.0 Å². The first-order valence-electron chi connectivity index (χ1n) is 9.99. The van der Waals surface area contributed by atoms with Crippen LogP contribution in [0, 0.1) is 18.8 Å². The van der Waals surface area contributed by atoms with Gasteiger partial charge in [-0.3, -0.25) is 24.2 Å². The van der Waals surface area contributed by atoms with Crippen LogP contribution in [0.1, 0.15) is 44.2 Å². The summed E-state index contributed by atoms with van der Waals surface area (Å²) >= 11 is 0. The van der Waals surface area contributed by atoms with E-state index in [2.05, 4.69) is 10.2 Å². The number of likely N-dealkylation sites (tertiary alicyclic amines) is 1. The van der Waals surface area contributed by atoms with Gasteiger partial charge in [0.25, 0.3) is 0 Å². The molecule has 1 aromatic carbocycles. The van der Waals surface area contributed by atoms with Crippen LogP contribution < -0.4 is 5.32 Å². The molecule has 3 fully saturated rings. The van der Waals surface area contributed by atoms with Crippen LogP contribution in [0.5, 0.6) is 0 Å². The van der Waals surface area contributed by atoms with Crippen molar-refractivity contribution in [1.29, 1.82) is 0 Å². The molecule has 0 unspecified atom stereocenters. The first-order chi connectivity index (χ1) is 12.9. The predicted molar refractivity (Wildman–Crippen MR) is 99.8 cm³/mol. The number of carbonyl (C=O) groups is 3. The summed E-state index contributed by atoms with van der Waals surface area (Å²) < 4.78 is 0. The molecule has 4 aliphatic rings. The largest absolute Gasteiger partial charge is 0.324 e. The van der Waals surface area contributed by atoms with Crippen molar-refractivity contribution in [2.24, 2.45) is 11.8 Å². The third kappa shape index (κ3) is 1.82. The maximum absolute atomic E-state index is 13.5.